The average Bonchev–Trinajstić information content (AvgIpc) is 2.91. The van der Waals surface area contributed by atoms with Crippen molar-refractivity contribution in [2.45, 2.75) is 0 Å². The smallest absolute Gasteiger partial charge is 0.363 e. The number of benzene rings is 2. The first kappa shape index (κ1) is 14.9. The Morgan fingerprint density at radius 2 is 1.91 bits per heavy atom. The van der Waals surface area contributed by atoms with Crippen molar-refractivity contribution in [3.05, 3.63) is 80.5 Å². The third kappa shape index (κ3) is 3.27. The zero-order chi connectivity index (χ0) is 16.4. The van der Waals surface area contributed by atoms with E-state index >= 15 is 0 Å². The maximum absolute atomic E-state index is 11.9. The van der Waals surface area contributed by atoms with Gasteiger partial charge in [-0.25, -0.2) is 9.79 Å². The van der Waals surface area contributed by atoms with E-state index in [2.05, 4.69) is 4.99 Å². The molecule has 2 aromatic rings. The molecule has 7 heteroatoms. The standard InChI is InChI=1S/C16H9ClN2O4/c17-12-6-4-10(5-7-12)8-14-16(20)23-15(18-14)11-2-1-3-13(9-11)19(21)22/h1-9H. The SMILES string of the molecule is O=C1OC(c2cccc([N+](=O)[O-])c2)=NC1=Cc1ccc(Cl)cc1. The van der Waals surface area contributed by atoms with Crippen LogP contribution in [0.25, 0.3) is 6.08 Å². The third-order valence-electron chi connectivity index (χ3n) is 3.10. The van der Waals surface area contributed by atoms with Gasteiger partial charge in [-0.15, -0.1) is 0 Å². The molecule has 0 amide bonds. The lowest BCUT2D eigenvalue weighted by molar-refractivity contribution is -0.384. The van der Waals surface area contributed by atoms with Crippen LogP contribution in [0.4, 0.5) is 5.69 Å². The van der Waals surface area contributed by atoms with Crippen LogP contribution in [0, 0.1) is 10.1 Å². The molecule has 3 rings (SSSR count). The van der Waals surface area contributed by atoms with E-state index in [0.717, 1.165) is 5.56 Å². The maximum atomic E-state index is 11.9. The van der Waals surface area contributed by atoms with Crippen molar-refractivity contribution in [1.82, 2.24) is 0 Å². The highest BCUT2D eigenvalue weighted by Gasteiger charge is 2.25. The molecule has 0 aliphatic carbocycles. The molecule has 0 atom stereocenters. The van der Waals surface area contributed by atoms with E-state index < -0.39 is 10.9 Å². The molecule has 114 valence electrons. The number of halogens is 1. The number of aliphatic imine (C=N–C) groups is 1. The van der Waals surface area contributed by atoms with Gasteiger partial charge in [-0.3, -0.25) is 10.1 Å². The second kappa shape index (κ2) is 6.02. The van der Waals surface area contributed by atoms with E-state index in [4.69, 9.17) is 16.3 Å². The third-order valence-corrected chi connectivity index (χ3v) is 3.35. The molecule has 0 bridgehead atoms. The summed E-state index contributed by atoms with van der Waals surface area (Å²) < 4.78 is 5.08. The lowest BCUT2D eigenvalue weighted by atomic mass is 10.2. The van der Waals surface area contributed by atoms with E-state index in [1.54, 1.807) is 36.4 Å². The van der Waals surface area contributed by atoms with Gasteiger partial charge < -0.3 is 4.74 Å². The first-order valence-corrected chi connectivity index (χ1v) is 6.94. The predicted octanol–water partition coefficient (Wildman–Crippen LogP) is 3.59. The Morgan fingerprint density at radius 1 is 1.17 bits per heavy atom. The molecule has 0 N–H and O–H groups in total. The van der Waals surface area contributed by atoms with Crippen molar-refractivity contribution >= 4 is 35.2 Å². The van der Waals surface area contributed by atoms with Crippen LogP contribution in [-0.2, 0) is 9.53 Å². The molecule has 0 spiro atoms. The number of carbonyl (C=O) groups excluding carboxylic acids is 1. The van der Waals surface area contributed by atoms with Crippen LogP contribution in [-0.4, -0.2) is 16.8 Å². The van der Waals surface area contributed by atoms with E-state index in [1.165, 1.54) is 18.2 Å². The van der Waals surface area contributed by atoms with Crippen molar-refractivity contribution < 1.29 is 14.5 Å². The van der Waals surface area contributed by atoms with Gasteiger partial charge in [0.2, 0.25) is 5.90 Å². The summed E-state index contributed by atoms with van der Waals surface area (Å²) >= 11 is 5.81. The van der Waals surface area contributed by atoms with Gasteiger partial charge in [-0.05, 0) is 29.8 Å². The van der Waals surface area contributed by atoms with Crippen molar-refractivity contribution in [2.75, 3.05) is 0 Å². The zero-order valence-electron chi connectivity index (χ0n) is 11.6. The molecule has 1 heterocycles. The number of hydrogen-bond donors (Lipinski definition) is 0. The molecule has 2 aromatic carbocycles. The maximum Gasteiger partial charge on any atom is 0.363 e. The van der Waals surface area contributed by atoms with Gasteiger partial charge in [-0.2, -0.15) is 0 Å². The topological polar surface area (TPSA) is 81.8 Å². The van der Waals surface area contributed by atoms with Gasteiger partial charge in [-0.1, -0.05) is 29.8 Å². The molecule has 1 aliphatic heterocycles. The van der Waals surface area contributed by atoms with Crippen LogP contribution in [0.1, 0.15) is 11.1 Å². The first-order valence-electron chi connectivity index (χ1n) is 6.56. The minimum atomic E-state index is -0.610. The van der Waals surface area contributed by atoms with Gasteiger partial charge in [0.05, 0.1) is 4.92 Å². The Hall–Kier alpha value is -2.99. The fraction of sp³-hybridized carbons (Fsp3) is 0. The first-order chi connectivity index (χ1) is 11.0. The van der Waals surface area contributed by atoms with E-state index in [9.17, 15) is 14.9 Å². The number of ether oxygens (including phenoxy) is 1. The van der Waals surface area contributed by atoms with Crippen LogP contribution >= 0.6 is 11.6 Å². The highest BCUT2D eigenvalue weighted by molar-refractivity contribution is 6.30. The van der Waals surface area contributed by atoms with Crippen LogP contribution in [0.5, 0.6) is 0 Å². The number of nitrogens with zero attached hydrogens (tertiary/aromatic N) is 2. The molecule has 0 fully saturated rings. The molecule has 6 nitrogen and oxygen atoms in total. The summed E-state index contributed by atoms with van der Waals surface area (Å²) in [6, 6.07) is 12.6. The Labute approximate surface area is 135 Å². The van der Waals surface area contributed by atoms with Crippen LogP contribution < -0.4 is 0 Å². The molecular formula is C16H9ClN2O4. The number of carbonyl (C=O) groups is 1. The van der Waals surface area contributed by atoms with E-state index in [-0.39, 0.29) is 17.3 Å². The van der Waals surface area contributed by atoms with Crippen molar-refractivity contribution in [1.29, 1.82) is 0 Å². The normalized spacial score (nSPS) is 15.4. The summed E-state index contributed by atoms with van der Waals surface area (Å²) in [5.41, 5.74) is 1.13. The van der Waals surface area contributed by atoms with Crippen LogP contribution in [0.15, 0.2) is 59.2 Å². The van der Waals surface area contributed by atoms with Crippen molar-refractivity contribution in [2.24, 2.45) is 4.99 Å². The number of non-ortho nitro benzene ring substituents is 1. The van der Waals surface area contributed by atoms with Crippen LogP contribution in [0.2, 0.25) is 5.02 Å². The Morgan fingerprint density at radius 3 is 2.61 bits per heavy atom. The monoisotopic (exact) mass is 328 g/mol. The van der Waals surface area contributed by atoms with Crippen molar-refractivity contribution in [3.8, 4) is 0 Å². The molecule has 0 radical (unpaired) electrons. The number of nitro benzene ring substituents is 1. The lowest BCUT2D eigenvalue weighted by Crippen LogP contribution is -2.05. The van der Waals surface area contributed by atoms with E-state index in [0.29, 0.717) is 10.6 Å². The zero-order valence-corrected chi connectivity index (χ0v) is 12.4. The summed E-state index contributed by atoms with van der Waals surface area (Å²) in [6.45, 7) is 0. The largest absolute Gasteiger partial charge is 0.402 e. The summed E-state index contributed by atoms with van der Waals surface area (Å²) in [5.74, 6) is -0.569. The molecule has 0 aromatic heterocycles. The number of nitro groups is 1. The molecule has 23 heavy (non-hydrogen) atoms. The fourth-order valence-electron chi connectivity index (χ4n) is 2.00. The summed E-state index contributed by atoms with van der Waals surface area (Å²) in [4.78, 5) is 26.3. The molecule has 0 saturated carbocycles. The Bertz CT molecular complexity index is 857. The second-order valence-electron chi connectivity index (χ2n) is 4.70. The highest BCUT2D eigenvalue weighted by Crippen LogP contribution is 2.22. The number of cyclic esters (lactones) is 1. The Balaban J connectivity index is 1.93. The fourth-order valence-corrected chi connectivity index (χ4v) is 2.13. The van der Waals surface area contributed by atoms with Crippen molar-refractivity contribution in [3.63, 3.8) is 0 Å². The minimum absolute atomic E-state index is 0.0407. The van der Waals surface area contributed by atoms with Gasteiger partial charge in [0.15, 0.2) is 5.70 Å². The number of esters is 1. The molecular weight excluding hydrogens is 320 g/mol. The van der Waals surface area contributed by atoms with Gasteiger partial charge in [0.1, 0.15) is 0 Å². The average molecular weight is 329 g/mol. The molecule has 0 unspecified atom stereocenters. The highest BCUT2D eigenvalue weighted by atomic mass is 35.5. The lowest BCUT2D eigenvalue weighted by Gasteiger charge is -1.98. The quantitative estimate of drug-likeness (QED) is 0.373. The Kier molecular flexibility index (Phi) is 3.91. The van der Waals surface area contributed by atoms with Gasteiger partial charge in [0.25, 0.3) is 5.69 Å². The minimum Gasteiger partial charge on any atom is -0.402 e. The number of rotatable bonds is 3. The van der Waals surface area contributed by atoms with Crippen LogP contribution in [0.3, 0.4) is 0 Å². The van der Waals surface area contributed by atoms with Gasteiger partial charge >= 0.3 is 5.97 Å². The molecule has 0 saturated heterocycles. The summed E-state index contributed by atoms with van der Waals surface area (Å²) in [6.07, 6.45) is 1.56. The summed E-state index contributed by atoms with van der Waals surface area (Å²) in [7, 11) is 0. The van der Waals surface area contributed by atoms with E-state index in [1.807, 2.05) is 0 Å². The summed E-state index contributed by atoms with van der Waals surface area (Å²) in [5, 5.41) is 11.4. The number of hydrogen-bond acceptors (Lipinski definition) is 5. The second-order valence-corrected chi connectivity index (χ2v) is 5.13. The predicted molar refractivity (Wildman–Crippen MR) is 85.2 cm³/mol. The molecule has 1 aliphatic rings. The van der Waals surface area contributed by atoms with Gasteiger partial charge in [0, 0.05) is 22.7 Å².